The van der Waals surface area contributed by atoms with Gasteiger partial charge in [-0.2, -0.15) is 0 Å². The lowest BCUT2D eigenvalue weighted by Gasteiger charge is -2.21. The van der Waals surface area contributed by atoms with Gasteiger partial charge in [-0.15, -0.1) is 11.3 Å². The van der Waals surface area contributed by atoms with E-state index in [-0.39, 0.29) is 11.9 Å². The lowest BCUT2D eigenvalue weighted by Crippen LogP contribution is -2.43. The van der Waals surface area contributed by atoms with E-state index < -0.39 is 0 Å². The van der Waals surface area contributed by atoms with Crippen molar-refractivity contribution in [1.29, 1.82) is 0 Å². The molecule has 4 nitrogen and oxygen atoms in total. The summed E-state index contributed by atoms with van der Waals surface area (Å²) < 4.78 is 0. The Bertz CT molecular complexity index is 396. The molecule has 1 amide bonds. The summed E-state index contributed by atoms with van der Waals surface area (Å²) in [5.41, 5.74) is 1.09. The highest BCUT2D eigenvalue weighted by Gasteiger charge is 2.21. The molecule has 0 saturated carbocycles. The lowest BCUT2D eigenvalue weighted by molar-refractivity contribution is -0.118. The van der Waals surface area contributed by atoms with Gasteiger partial charge in [-0.1, -0.05) is 13.3 Å². The van der Waals surface area contributed by atoms with Crippen LogP contribution in [0.15, 0.2) is 0 Å². The molecule has 0 aromatic carbocycles. The number of nitrogens with zero attached hydrogens (tertiary/aromatic N) is 1. The van der Waals surface area contributed by atoms with Crippen LogP contribution >= 0.6 is 11.3 Å². The van der Waals surface area contributed by atoms with E-state index in [4.69, 9.17) is 0 Å². The minimum absolute atomic E-state index is 0.0435. The van der Waals surface area contributed by atoms with Gasteiger partial charge in [0.25, 0.3) is 0 Å². The summed E-state index contributed by atoms with van der Waals surface area (Å²) in [5.74, 6) is 0.0566. The Kier molecular flexibility index (Phi) is 4.12. The second-order valence-corrected chi connectivity index (χ2v) is 5.57. The quantitative estimate of drug-likeness (QED) is 0.867. The third kappa shape index (κ3) is 3.04. The molecule has 0 aliphatic carbocycles. The van der Waals surface area contributed by atoms with Crippen LogP contribution in [0.2, 0.25) is 0 Å². The third-order valence-electron chi connectivity index (χ3n) is 3.08. The number of nitrogens with one attached hydrogen (secondary N) is 2. The van der Waals surface area contributed by atoms with Gasteiger partial charge in [0.1, 0.15) is 0 Å². The van der Waals surface area contributed by atoms with Gasteiger partial charge >= 0.3 is 0 Å². The van der Waals surface area contributed by atoms with Crippen LogP contribution in [0.4, 0.5) is 5.13 Å². The van der Waals surface area contributed by atoms with E-state index in [9.17, 15) is 4.79 Å². The zero-order valence-corrected chi connectivity index (χ0v) is 11.2. The van der Waals surface area contributed by atoms with Crippen LogP contribution in [-0.4, -0.2) is 23.5 Å². The molecule has 2 heterocycles. The van der Waals surface area contributed by atoms with Crippen molar-refractivity contribution in [3.63, 3.8) is 0 Å². The van der Waals surface area contributed by atoms with Gasteiger partial charge in [0.15, 0.2) is 5.13 Å². The number of carbonyl (C=O) groups excluding carboxylic acids is 1. The third-order valence-corrected chi connectivity index (χ3v) is 4.01. The number of carbonyl (C=O) groups is 1. The molecule has 1 saturated heterocycles. The molecular weight excluding hydrogens is 234 g/mol. The highest BCUT2D eigenvalue weighted by molar-refractivity contribution is 7.15. The van der Waals surface area contributed by atoms with Crippen molar-refractivity contribution >= 4 is 22.4 Å². The molecule has 1 aliphatic heterocycles. The number of hydrogen-bond acceptors (Lipinski definition) is 4. The Morgan fingerprint density at radius 2 is 2.41 bits per heavy atom. The molecule has 1 aromatic heterocycles. The first-order valence-corrected chi connectivity index (χ1v) is 7.03. The number of aryl methyl sites for hydroxylation is 2. The SMILES string of the molecule is CCc1nc(NC(=O)C2CCCCN2)sc1C. The number of rotatable bonds is 3. The second-order valence-electron chi connectivity index (χ2n) is 4.37. The predicted octanol–water partition coefficient (Wildman–Crippen LogP) is 2.09. The number of thiazole rings is 1. The average molecular weight is 253 g/mol. The lowest BCUT2D eigenvalue weighted by atomic mass is 10.0. The molecular formula is C12H19N3OS. The van der Waals surface area contributed by atoms with Crippen LogP contribution in [0.1, 0.15) is 36.8 Å². The van der Waals surface area contributed by atoms with Gasteiger partial charge in [-0.05, 0) is 32.7 Å². The zero-order valence-electron chi connectivity index (χ0n) is 10.4. The molecule has 1 aromatic rings. The van der Waals surface area contributed by atoms with Crippen LogP contribution in [0.5, 0.6) is 0 Å². The highest BCUT2D eigenvalue weighted by Crippen LogP contribution is 2.22. The summed E-state index contributed by atoms with van der Waals surface area (Å²) in [6, 6.07) is -0.0435. The summed E-state index contributed by atoms with van der Waals surface area (Å²) in [7, 11) is 0. The molecule has 0 bridgehead atoms. The van der Waals surface area contributed by atoms with E-state index in [0.717, 1.165) is 36.6 Å². The first kappa shape index (κ1) is 12.5. The standard InChI is InChI=1S/C12H19N3OS/c1-3-9-8(2)17-12(14-9)15-11(16)10-6-4-5-7-13-10/h10,13H,3-7H2,1-2H3,(H,14,15,16). The minimum Gasteiger partial charge on any atom is -0.306 e. The molecule has 17 heavy (non-hydrogen) atoms. The smallest absolute Gasteiger partial charge is 0.243 e. The molecule has 94 valence electrons. The number of aromatic nitrogens is 1. The fourth-order valence-electron chi connectivity index (χ4n) is 2.08. The van der Waals surface area contributed by atoms with Crippen LogP contribution < -0.4 is 10.6 Å². The van der Waals surface area contributed by atoms with Crippen molar-refractivity contribution in [3.8, 4) is 0 Å². The van der Waals surface area contributed by atoms with E-state index in [1.807, 2.05) is 6.92 Å². The fraction of sp³-hybridized carbons (Fsp3) is 0.667. The van der Waals surface area contributed by atoms with E-state index in [1.54, 1.807) is 11.3 Å². The maximum Gasteiger partial charge on any atom is 0.243 e. The average Bonchev–Trinajstić information content (AvgIpc) is 2.70. The molecule has 5 heteroatoms. The number of amides is 1. The van der Waals surface area contributed by atoms with Crippen LogP contribution in [0.25, 0.3) is 0 Å². The molecule has 0 spiro atoms. The second kappa shape index (κ2) is 5.60. The van der Waals surface area contributed by atoms with Crippen molar-refractivity contribution in [1.82, 2.24) is 10.3 Å². The molecule has 2 N–H and O–H groups in total. The fourth-order valence-corrected chi connectivity index (χ4v) is 2.98. The number of hydrogen-bond donors (Lipinski definition) is 2. The van der Waals surface area contributed by atoms with Gasteiger partial charge in [0.05, 0.1) is 11.7 Å². The van der Waals surface area contributed by atoms with Gasteiger partial charge < -0.3 is 10.6 Å². The Balaban J connectivity index is 1.97. The first-order chi connectivity index (χ1) is 8.20. The largest absolute Gasteiger partial charge is 0.306 e. The van der Waals surface area contributed by atoms with Crippen molar-refractivity contribution in [2.75, 3.05) is 11.9 Å². The summed E-state index contributed by atoms with van der Waals surface area (Å²) in [5, 5.41) is 6.89. The van der Waals surface area contributed by atoms with E-state index >= 15 is 0 Å². The van der Waals surface area contributed by atoms with Gasteiger partial charge in [0, 0.05) is 4.88 Å². The number of anilines is 1. The van der Waals surface area contributed by atoms with Gasteiger partial charge in [-0.3, -0.25) is 4.79 Å². The Morgan fingerprint density at radius 1 is 1.59 bits per heavy atom. The number of piperidine rings is 1. The Morgan fingerprint density at radius 3 is 3.00 bits per heavy atom. The zero-order chi connectivity index (χ0) is 12.3. The molecule has 1 aliphatic rings. The van der Waals surface area contributed by atoms with Crippen molar-refractivity contribution in [3.05, 3.63) is 10.6 Å². The summed E-state index contributed by atoms with van der Waals surface area (Å²) in [6.45, 7) is 5.07. The van der Waals surface area contributed by atoms with Gasteiger partial charge in [0.2, 0.25) is 5.91 Å². The molecule has 0 radical (unpaired) electrons. The molecule has 1 atom stereocenters. The Hall–Kier alpha value is -0.940. The summed E-state index contributed by atoms with van der Waals surface area (Å²) >= 11 is 1.56. The van der Waals surface area contributed by atoms with Crippen LogP contribution in [0.3, 0.4) is 0 Å². The summed E-state index contributed by atoms with van der Waals surface area (Å²) in [6.07, 6.45) is 4.14. The van der Waals surface area contributed by atoms with E-state index in [1.165, 1.54) is 11.3 Å². The maximum atomic E-state index is 12.0. The van der Waals surface area contributed by atoms with Crippen molar-refractivity contribution < 1.29 is 4.79 Å². The molecule has 1 unspecified atom stereocenters. The maximum absolute atomic E-state index is 12.0. The van der Waals surface area contributed by atoms with Crippen molar-refractivity contribution in [2.45, 2.75) is 45.6 Å². The van der Waals surface area contributed by atoms with Crippen LogP contribution in [0, 0.1) is 6.92 Å². The first-order valence-electron chi connectivity index (χ1n) is 6.21. The summed E-state index contributed by atoms with van der Waals surface area (Å²) in [4.78, 5) is 17.6. The van der Waals surface area contributed by atoms with Crippen molar-refractivity contribution in [2.24, 2.45) is 0 Å². The monoisotopic (exact) mass is 253 g/mol. The minimum atomic E-state index is -0.0435. The Labute approximate surface area is 106 Å². The van der Waals surface area contributed by atoms with E-state index in [2.05, 4.69) is 22.5 Å². The highest BCUT2D eigenvalue weighted by atomic mass is 32.1. The molecule has 2 rings (SSSR count). The topological polar surface area (TPSA) is 54.0 Å². The normalized spacial score (nSPS) is 20.2. The van der Waals surface area contributed by atoms with Crippen LogP contribution in [-0.2, 0) is 11.2 Å². The molecule has 1 fully saturated rings. The van der Waals surface area contributed by atoms with Gasteiger partial charge in [-0.25, -0.2) is 4.98 Å². The predicted molar refractivity (Wildman–Crippen MR) is 70.5 cm³/mol. The van der Waals surface area contributed by atoms with E-state index in [0.29, 0.717) is 0 Å².